The number of rotatable bonds is 5. The number of carboxylic acid groups (broad SMARTS) is 1. The van der Waals surface area contributed by atoms with Gasteiger partial charge in [0.05, 0.1) is 12.2 Å². The van der Waals surface area contributed by atoms with Crippen LogP contribution in [0, 0.1) is 5.92 Å². The first-order chi connectivity index (χ1) is 9.25. The van der Waals surface area contributed by atoms with Crippen molar-refractivity contribution in [3.05, 3.63) is 35.4 Å². The molecule has 0 saturated carbocycles. The van der Waals surface area contributed by atoms with Crippen molar-refractivity contribution in [1.29, 1.82) is 0 Å². The molecule has 0 aromatic heterocycles. The number of ether oxygens (including phenoxy) is 1. The second-order valence-corrected chi connectivity index (χ2v) is 4.04. The zero-order valence-electron chi connectivity index (χ0n) is 10.6. The first kappa shape index (κ1) is 16.0. The van der Waals surface area contributed by atoms with Gasteiger partial charge in [-0.05, 0) is 31.0 Å². The molecule has 0 saturated heterocycles. The monoisotopic (exact) mass is 290 g/mol. The van der Waals surface area contributed by atoms with Crippen LogP contribution >= 0.6 is 0 Å². The molecule has 0 spiro atoms. The SMILES string of the molecule is CCOC(=O)C(Cc1ccc(C(F)(F)F)cc1)C(=O)O. The lowest BCUT2D eigenvalue weighted by Gasteiger charge is -2.12. The van der Waals surface area contributed by atoms with Gasteiger partial charge < -0.3 is 9.84 Å². The quantitative estimate of drug-likeness (QED) is 0.668. The molecule has 0 amide bonds. The maximum atomic E-state index is 12.4. The second-order valence-electron chi connectivity index (χ2n) is 4.04. The molecule has 1 rings (SSSR count). The van der Waals surface area contributed by atoms with Crippen LogP contribution in [0.5, 0.6) is 0 Å². The lowest BCUT2D eigenvalue weighted by Crippen LogP contribution is -2.28. The number of halogens is 3. The zero-order valence-corrected chi connectivity index (χ0v) is 10.6. The first-order valence-electron chi connectivity index (χ1n) is 5.81. The smallest absolute Gasteiger partial charge is 0.416 e. The largest absolute Gasteiger partial charge is 0.481 e. The van der Waals surface area contributed by atoms with Crippen LogP contribution in [0.4, 0.5) is 13.2 Å². The van der Waals surface area contributed by atoms with Gasteiger partial charge in [0.2, 0.25) is 0 Å². The van der Waals surface area contributed by atoms with Crippen molar-refractivity contribution >= 4 is 11.9 Å². The predicted octanol–water partition coefficient (Wildman–Crippen LogP) is 2.51. The number of alkyl halides is 3. The van der Waals surface area contributed by atoms with E-state index >= 15 is 0 Å². The van der Waals surface area contributed by atoms with E-state index in [1.165, 1.54) is 6.92 Å². The van der Waals surface area contributed by atoms with Crippen molar-refractivity contribution in [2.75, 3.05) is 6.61 Å². The average Bonchev–Trinajstić information content (AvgIpc) is 2.35. The van der Waals surface area contributed by atoms with E-state index in [9.17, 15) is 22.8 Å². The Morgan fingerprint density at radius 2 is 1.80 bits per heavy atom. The third kappa shape index (κ3) is 4.25. The number of hydrogen-bond acceptors (Lipinski definition) is 3. The van der Waals surface area contributed by atoms with Crippen LogP contribution in [0.15, 0.2) is 24.3 Å². The van der Waals surface area contributed by atoms with E-state index in [0.717, 1.165) is 24.3 Å². The Balaban J connectivity index is 2.85. The second kappa shape index (κ2) is 6.40. The molecule has 0 aliphatic carbocycles. The van der Waals surface area contributed by atoms with Crippen molar-refractivity contribution < 1.29 is 32.6 Å². The molecule has 1 unspecified atom stereocenters. The molecular weight excluding hydrogens is 277 g/mol. The number of carbonyl (C=O) groups excluding carboxylic acids is 1. The first-order valence-corrected chi connectivity index (χ1v) is 5.81. The molecule has 0 bridgehead atoms. The summed E-state index contributed by atoms with van der Waals surface area (Å²) >= 11 is 0. The molecule has 0 heterocycles. The highest BCUT2D eigenvalue weighted by atomic mass is 19.4. The Bertz CT molecular complexity index is 479. The van der Waals surface area contributed by atoms with Crippen LogP contribution < -0.4 is 0 Å². The fraction of sp³-hybridized carbons (Fsp3) is 0.385. The highest BCUT2D eigenvalue weighted by Gasteiger charge is 2.31. The molecule has 1 aromatic rings. The number of carboxylic acids is 1. The molecule has 110 valence electrons. The minimum absolute atomic E-state index is 0.0373. The standard InChI is InChI=1S/C13H13F3O4/c1-2-20-12(19)10(11(17)18)7-8-3-5-9(6-4-8)13(14,15)16/h3-6,10H,2,7H2,1H3,(H,17,18). The zero-order chi connectivity index (χ0) is 15.3. The number of esters is 1. The van der Waals surface area contributed by atoms with Gasteiger partial charge in [0, 0.05) is 0 Å². The van der Waals surface area contributed by atoms with Gasteiger partial charge in [0.25, 0.3) is 0 Å². The van der Waals surface area contributed by atoms with Gasteiger partial charge in [0.15, 0.2) is 5.92 Å². The minimum atomic E-state index is -4.45. The molecule has 1 atom stereocenters. The molecule has 0 radical (unpaired) electrons. The average molecular weight is 290 g/mol. The number of hydrogen-bond donors (Lipinski definition) is 1. The Morgan fingerprint density at radius 3 is 2.20 bits per heavy atom. The van der Waals surface area contributed by atoms with E-state index in [4.69, 9.17) is 5.11 Å². The number of benzene rings is 1. The molecule has 0 aliphatic heterocycles. The number of carbonyl (C=O) groups is 2. The molecular formula is C13H13F3O4. The van der Waals surface area contributed by atoms with Gasteiger partial charge in [-0.25, -0.2) is 0 Å². The van der Waals surface area contributed by atoms with Gasteiger partial charge in [0.1, 0.15) is 0 Å². The molecule has 4 nitrogen and oxygen atoms in total. The van der Waals surface area contributed by atoms with Gasteiger partial charge in [-0.2, -0.15) is 13.2 Å². The molecule has 0 fully saturated rings. The highest BCUT2D eigenvalue weighted by molar-refractivity contribution is 5.94. The summed E-state index contributed by atoms with van der Waals surface area (Å²) in [5.41, 5.74) is -0.511. The maximum absolute atomic E-state index is 12.4. The van der Waals surface area contributed by atoms with Gasteiger partial charge >= 0.3 is 18.1 Å². The normalized spacial score (nSPS) is 12.8. The van der Waals surface area contributed by atoms with E-state index < -0.39 is 29.6 Å². The third-order valence-electron chi connectivity index (χ3n) is 2.59. The van der Waals surface area contributed by atoms with E-state index in [-0.39, 0.29) is 13.0 Å². The lowest BCUT2D eigenvalue weighted by molar-refractivity contribution is -0.158. The molecule has 1 N–H and O–H groups in total. The van der Waals surface area contributed by atoms with Crippen LogP contribution in [0.1, 0.15) is 18.1 Å². The Hall–Kier alpha value is -2.05. The Morgan fingerprint density at radius 1 is 1.25 bits per heavy atom. The highest BCUT2D eigenvalue weighted by Crippen LogP contribution is 2.29. The van der Waals surface area contributed by atoms with Crippen LogP contribution in [-0.2, 0) is 26.9 Å². The van der Waals surface area contributed by atoms with Crippen molar-refractivity contribution in [2.24, 2.45) is 5.92 Å². The summed E-state index contributed by atoms with van der Waals surface area (Å²) in [5.74, 6) is -3.70. The summed E-state index contributed by atoms with van der Waals surface area (Å²) in [4.78, 5) is 22.4. The van der Waals surface area contributed by atoms with Gasteiger partial charge in [-0.1, -0.05) is 12.1 Å². The van der Waals surface area contributed by atoms with Crippen LogP contribution in [0.25, 0.3) is 0 Å². The Kier molecular flexibility index (Phi) is 5.12. The van der Waals surface area contributed by atoms with Gasteiger partial charge in [-0.3, -0.25) is 9.59 Å². The summed E-state index contributed by atoms with van der Waals surface area (Å²) < 4.78 is 41.7. The summed E-state index contributed by atoms with van der Waals surface area (Å²) in [7, 11) is 0. The van der Waals surface area contributed by atoms with E-state index in [0.29, 0.717) is 5.56 Å². The number of aliphatic carboxylic acids is 1. The van der Waals surface area contributed by atoms with E-state index in [1.807, 2.05) is 0 Å². The van der Waals surface area contributed by atoms with Crippen molar-refractivity contribution in [2.45, 2.75) is 19.5 Å². The predicted molar refractivity (Wildman–Crippen MR) is 62.9 cm³/mol. The van der Waals surface area contributed by atoms with Gasteiger partial charge in [-0.15, -0.1) is 0 Å². The maximum Gasteiger partial charge on any atom is 0.416 e. The summed E-state index contributed by atoms with van der Waals surface area (Å²) in [6.07, 6.45) is -4.67. The molecule has 0 aliphatic rings. The van der Waals surface area contributed by atoms with Crippen molar-refractivity contribution in [1.82, 2.24) is 0 Å². The minimum Gasteiger partial charge on any atom is -0.481 e. The lowest BCUT2D eigenvalue weighted by atomic mass is 9.98. The van der Waals surface area contributed by atoms with Crippen molar-refractivity contribution in [3.8, 4) is 0 Å². The summed E-state index contributed by atoms with van der Waals surface area (Å²) in [5, 5.41) is 8.93. The van der Waals surface area contributed by atoms with Crippen LogP contribution in [0.3, 0.4) is 0 Å². The molecule has 7 heteroatoms. The van der Waals surface area contributed by atoms with Crippen LogP contribution in [-0.4, -0.2) is 23.7 Å². The summed E-state index contributed by atoms with van der Waals surface area (Å²) in [6, 6.07) is 3.99. The molecule has 20 heavy (non-hydrogen) atoms. The van der Waals surface area contributed by atoms with Crippen molar-refractivity contribution in [3.63, 3.8) is 0 Å². The molecule has 1 aromatic carbocycles. The Labute approximate surface area is 113 Å². The topological polar surface area (TPSA) is 63.6 Å². The summed E-state index contributed by atoms with van der Waals surface area (Å²) in [6.45, 7) is 1.57. The fourth-order valence-corrected chi connectivity index (χ4v) is 1.58. The van der Waals surface area contributed by atoms with E-state index in [1.54, 1.807) is 0 Å². The third-order valence-corrected chi connectivity index (χ3v) is 2.59. The van der Waals surface area contributed by atoms with E-state index in [2.05, 4.69) is 4.74 Å². The fourth-order valence-electron chi connectivity index (χ4n) is 1.58. The van der Waals surface area contributed by atoms with Crippen LogP contribution in [0.2, 0.25) is 0 Å².